The number of nitriles is 1. The Kier molecular flexibility index (Phi) is 6.09. The van der Waals surface area contributed by atoms with Gasteiger partial charge in [0, 0.05) is 16.8 Å². The highest BCUT2D eigenvalue weighted by atomic mass is 32.2. The summed E-state index contributed by atoms with van der Waals surface area (Å²) >= 11 is 0. The number of primary amides is 1. The summed E-state index contributed by atoms with van der Waals surface area (Å²) in [6.07, 6.45) is -3.25. The second kappa shape index (κ2) is 8.47. The maximum absolute atomic E-state index is 13.1. The summed E-state index contributed by atoms with van der Waals surface area (Å²) in [7, 11) is -1.58. The van der Waals surface area contributed by atoms with Crippen LogP contribution in [0.15, 0.2) is 58.6 Å². The number of amides is 3. The highest BCUT2D eigenvalue weighted by molar-refractivity contribution is 7.84. The Hall–Kier alpha value is -3.65. The van der Waals surface area contributed by atoms with Crippen LogP contribution < -0.4 is 16.0 Å². The van der Waals surface area contributed by atoms with Gasteiger partial charge in [-0.1, -0.05) is 12.1 Å². The van der Waals surface area contributed by atoms with E-state index < -0.39 is 40.5 Å². The molecule has 2 unspecified atom stereocenters. The van der Waals surface area contributed by atoms with E-state index in [0.29, 0.717) is 0 Å². The number of hydrogen-bond donors (Lipinski definition) is 2. The zero-order valence-electron chi connectivity index (χ0n) is 16.9. The number of carbonyl (C=O) groups excluding carboxylic acids is 2. The van der Waals surface area contributed by atoms with Crippen molar-refractivity contribution in [2.75, 3.05) is 11.2 Å². The summed E-state index contributed by atoms with van der Waals surface area (Å²) in [5.41, 5.74) is 4.96. The minimum atomic E-state index is -4.63. The van der Waals surface area contributed by atoms with Crippen molar-refractivity contribution in [1.29, 1.82) is 5.26 Å². The lowest BCUT2D eigenvalue weighted by atomic mass is 9.93. The molecule has 0 spiro atoms. The van der Waals surface area contributed by atoms with Crippen LogP contribution in [0.4, 0.5) is 23.7 Å². The highest BCUT2D eigenvalue weighted by Gasteiger charge is 2.38. The molecule has 1 aliphatic rings. The first kappa shape index (κ1) is 23.0. The molecule has 0 bridgehead atoms. The second-order valence-corrected chi connectivity index (χ2v) is 8.30. The van der Waals surface area contributed by atoms with Crippen molar-refractivity contribution in [2.45, 2.75) is 24.0 Å². The summed E-state index contributed by atoms with van der Waals surface area (Å²) in [6.45, 7) is 1.39. The van der Waals surface area contributed by atoms with Crippen molar-refractivity contribution in [3.05, 3.63) is 70.4 Å². The van der Waals surface area contributed by atoms with Gasteiger partial charge in [0.25, 0.3) is 0 Å². The van der Waals surface area contributed by atoms with Gasteiger partial charge in [-0.25, -0.2) is 4.79 Å². The van der Waals surface area contributed by atoms with E-state index in [4.69, 9.17) is 11.0 Å². The number of nitrogens with zero attached hydrogens (tertiary/aromatic N) is 2. The van der Waals surface area contributed by atoms with Crippen molar-refractivity contribution < 1.29 is 27.0 Å². The summed E-state index contributed by atoms with van der Waals surface area (Å²) in [6, 6.07) is 8.39. The van der Waals surface area contributed by atoms with E-state index in [0.717, 1.165) is 23.1 Å². The Labute approximate surface area is 183 Å². The summed E-state index contributed by atoms with van der Waals surface area (Å²) in [4.78, 5) is 26.4. The van der Waals surface area contributed by atoms with E-state index in [2.05, 4.69) is 5.32 Å². The van der Waals surface area contributed by atoms with Gasteiger partial charge in [-0.3, -0.25) is 13.9 Å². The molecule has 7 nitrogen and oxygen atoms in total. The van der Waals surface area contributed by atoms with E-state index in [1.165, 1.54) is 37.4 Å². The molecule has 11 heteroatoms. The largest absolute Gasteiger partial charge is 0.416 e. The molecule has 0 radical (unpaired) electrons. The van der Waals surface area contributed by atoms with Crippen LogP contribution in [-0.4, -0.2) is 22.4 Å². The Morgan fingerprint density at radius 3 is 2.50 bits per heavy atom. The van der Waals surface area contributed by atoms with Crippen LogP contribution in [0, 0.1) is 11.3 Å². The van der Waals surface area contributed by atoms with Crippen LogP contribution in [0.3, 0.4) is 0 Å². The first-order valence-electron chi connectivity index (χ1n) is 9.11. The number of urea groups is 1. The van der Waals surface area contributed by atoms with Crippen molar-refractivity contribution in [3.63, 3.8) is 0 Å². The van der Waals surface area contributed by atoms with Crippen LogP contribution in [-0.2, 0) is 21.8 Å². The van der Waals surface area contributed by atoms with E-state index >= 15 is 0 Å². The van der Waals surface area contributed by atoms with E-state index in [1.54, 1.807) is 0 Å². The van der Waals surface area contributed by atoms with Gasteiger partial charge in [0.2, 0.25) is 5.91 Å². The standard InChI is InChI=1S/C21H17F3N4O3S/c1-11-17(19(26)29)18(15-7-6-12(10-25)8-16(15)32(2)31)27-20(30)28(11)14-5-3-4-13(9-14)21(22,23)24/h3-9,18H,1-2H3,(H2,26,29)(H,27,30). The molecular formula is C21H17F3N4O3S. The monoisotopic (exact) mass is 462 g/mol. The fourth-order valence-corrected chi connectivity index (χ4v) is 4.33. The second-order valence-electron chi connectivity index (χ2n) is 6.95. The molecule has 0 aromatic heterocycles. The quantitative estimate of drug-likeness (QED) is 0.725. The number of nitrogens with one attached hydrogen (secondary N) is 1. The molecule has 1 heterocycles. The Bertz CT molecular complexity index is 1220. The lowest BCUT2D eigenvalue weighted by Crippen LogP contribution is -2.49. The van der Waals surface area contributed by atoms with Crippen LogP contribution in [0.5, 0.6) is 0 Å². The topological polar surface area (TPSA) is 116 Å². The molecular weight excluding hydrogens is 445 g/mol. The third kappa shape index (κ3) is 4.22. The van der Waals surface area contributed by atoms with Gasteiger partial charge < -0.3 is 11.1 Å². The molecule has 2 aromatic rings. The number of nitrogens with two attached hydrogens (primary N) is 1. The number of carbonyl (C=O) groups is 2. The molecule has 0 aliphatic carbocycles. The fourth-order valence-electron chi connectivity index (χ4n) is 3.52. The highest BCUT2D eigenvalue weighted by Crippen LogP contribution is 2.37. The van der Waals surface area contributed by atoms with Crippen molar-refractivity contribution in [1.82, 2.24) is 5.32 Å². The van der Waals surface area contributed by atoms with Crippen molar-refractivity contribution >= 4 is 28.4 Å². The number of rotatable bonds is 4. The molecule has 3 amide bonds. The average Bonchev–Trinajstić information content (AvgIpc) is 2.72. The zero-order chi connectivity index (χ0) is 23.8. The van der Waals surface area contributed by atoms with Gasteiger partial charge in [0.05, 0.1) is 45.3 Å². The van der Waals surface area contributed by atoms with Gasteiger partial charge in [-0.2, -0.15) is 18.4 Å². The third-order valence-corrected chi connectivity index (χ3v) is 5.92. The van der Waals surface area contributed by atoms with Crippen LogP contribution in [0.1, 0.15) is 29.7 Å². The normalized spacial score (nSPS) is 17.6. The number of allylic oxidation sites excluding steroid dienone is 1. The summed E-state index contributed by atoms with van der Waals surface area (Å²) in [5, 5.41) is 11.7. The van der Waals surface area contributed by atoms with Crippen LogP contribution in [0.2, 0.25) is 0 Å². The van der Waals surface area contributed by atoms with Gasteiger partial charge in [-0.15, -0.1) is 0 Å². The predicted molar refractivity (Wildman–Crippen MR) is 111 cm³/mol. The fraction of sp³-hybridized carbons (Fsp3) is 0.190. The Morgan fingerprint density at radius 1 is 1.25 bits per heavy atom. The SMILES string of the molecule is CC1=C(C(N)=O)C(c2ccc(C#N)cc2S(C)=O)NC(=O)N1c1cccc(C(F)(F)F)c1. The Morgan fingerprint density at radius 2 is 1.94 bits per heavy atom. The number of alkyl halides is 3. The van der Waals surface area contributed by atoms with Gasteiger partial charge in [-0.05, 0) is 42.8 Å². The number of halogens is 3. The first-order valence-corrected chi connectivity index (χ1v) is 10.7. The van der Waals surface area contributed by atoms with E-state index in [9.17, 15) is 27.0 Å². The molecule has 2 atom stereocenters. The van der Waals surface area contributed by atoms with Crippen molar-refractivity contribution in [3.8, 4) is 6.07 Å². The molecule has 1 aliphatic heterocycles. The number of anilines is 1. The smallest absolute Gasteiger partial charge is 0.366 e. The van der Waals surface area contributed by atoms with Crippen molar-refractivity contribution in [2.24, 2.45) is 5.73 Å². The molecule has 0 saturated heterocycles. The molecule has 0 fully saturated rings. The summed E-state index contributed by atoms with van der Waals surface area (Å²) in [5.74, 6) is -0.915. The minimum absolute atomic E-state index is 0.0303. The molecule has 3 N–H and O–H groups in total. The lowest BCUT2D eigenvalue weighted by molar-refractivity contribution is -0.137. The maximum Gasteiger partial charge on any atom is 0.416 e. The number of benzene rings is 2. The number of hydrogen-bond acceptors (Lipinski definition) is 4. The predicted octanol–water partition coefficient (Wildman–Crippen LogP) is 3.34. The molecule has 2 aromatic carbocycles. The maximum atomic E-state index is 13.1. The van der Waals surface area contributed by atoms with Gasteiger partial charge >= 0.3 is 12.2 Å². The molecule has 0 saturated carbocycles. The van der Waals surface area contributed by atoms with Crippen LogP contribution >= 0.6 is 0 Å². The third-order valence-electron chi connectivity index (χ3n) is 4.95. The van der Waals surface area contributed by atoms with Gasteiger partial charge in [0.1, 0.15) is 0 Å². The molecule has 166 valence electrons. The zero-order valence-corrected chi connectivity index (χ0v) is 17.7. The molecule has 32 heavy (non-hydrogen) atoms. The van der Waals surface area contributed by atoms with Gasteiger partial charge in [0.15, 0.2) is 0 Å². The summed E-state index contributed by atoms with van der Waals surface area (Å²) < 4.78 is 51.7. The van der Waals surface area contributed by atoms with E-state index in [-0.39, 0.29) is 33.0 Å². The molecule has 3 rings (SSSR count). The Balaban J connectivity index is 2.19. The first-order chi connectivity index (χ1) is 15.0. The average molecular weight is 462 g/mol. The lowest BCUT2D eigenvalue weighted by Gasteiger charge is -2.36. The minimum Gasteiger partial charge on any atom is -0.366 e. The van der Waals surface area contributed by atoms with E-state index in [1.807, 2.05) is 6.07 Å². The van der Waals surface area contributed by atoms with Crippen LogP contribution in [0.25, 0.3) is 0 Å².